The monoisotopic (exact) mass is 258 g/mol. The number of unbranched alkanes of at least 4 members (excludes halogenated alkanes) is 1. The second-order valence-electron chi connectivity index (χ2n) is 4.14. The SMILES string of the molecule is CC/C=C/C/C=C/C/C=C/C/C=C/CC/C=C/C=O. The van der Waals surface area contributed by atoms with E-state index in [1.807, 2.05) is 6.08 Å². The molecule has 104 valence electrons. The van der Waals surface area contributed by atoms with Gasteiger partial charge in [-0.25, -0.2) is 0 Å². The lowest BCUT2D eigenvalue weighted by Crippen LogP contribution is -1.67. The van der Waals surface area contributed by atoms with E-state index in [1.165, 1.54) is 0 Å². The molecule has 0 saturated carbocycles. The highest BCUT2D eigenvalue weighted by atomic mass is 16.1. The van der Waals surface area contributed by atoms with Gasteiger partial charge in [0.05, 0.1) is 0 Å². The van der Waals surface area contributed by atoms with Gasteiger partial charge in [-0.15, -0.1) is 0 Å². The summed E-state index contributed by atoms with van der Waals surface area (Å²) in [5, 5.41) is 0. The van der Waals surface area contributed by atoms with Crippen molar-refractivity contribution in [2.75, 3.05) is 0 Å². The van der Waals surface area contributed by atoms with E-state index in [9.17, 15) is 4.79 Å². The zero-order valence-electron chi connectivity index (χ0n) is 12.0. The third-order valence-corrected chi connectivity index (χ3v) is 2.43. The third kappa shape index (κ3) is 16.4. The molecule has 0 aromatic heterocycles. The molecule has 1 heteroatoms. The van der Waals surface area contributed by atoms with E-state index in [2.05, 4.69) is 55.5 Å². The summed E-state index contributed by atoms with van der Waals surface area (Å²) in [7, 11) is 0. The van der Waals surface area contributed by atoms with Crippen molar-refractivity contribution in [3.05, 3.63) is 60.8 Å². The number of hydrogen-bond donors (Lipinski definition) is 0. The lowest BCUT2D eigenvalue weighted by molar-refractivity contribution is -0.104. The van der Waals surface area contributed by atoms with Crippen LogP contribution in [-0.2, 0) is 4.79 Å². The minimum atomic E-state index is 0.817. The van der Waals surface area contributed by atoms with Crippen molar-refractivity contribution in [1.29, 1.82) is 0 Å². The van der Waals surface area contributed by atoms with Gasteiger partial charge in [-0.3, -0.25) is 4.79 Å². The van der Waals surface area contributed by atoms with Crippen LogP contribution in [0.3, 0.4) is 0 Å². The van der Waals surface area contributed by atoms with E-state index in [0.29, 0.717) is 0 Å². The van der Waals surface area contributed by atoms with Crippen LogP contribution in [0.5, 0.6) is 0 Å². The minimum absolute atomic E-state index is 0.817. The average Bonchev–Trinajstić information content (AvgIpc) is 2.43. The molecule has 0 saturated heterocycles. The van der Waals surface area contributed by atoms with E-state index in [1.54, 1.807) is 6.08 Å². The molecule has 0 heterocycles. The van der Waals surface area contributed by atoms with Crippen LogP contribution >= 0.6 is 0 Å². The predicted molar refractivity (Wildman–Crippen MR) is 85.1 cm³/mol. The van der Waals surface area contributed by atoms with Gasteiger partial charge in [0.2, 0.25) is 0 Å². The highest BCUT2D eigenvalue weighted by molar-refractivity contribution is 5.64. The van der Waals surface area contributed by atoms with Crippen LogP contribution in [0.1, 0.15) is 45.4 Å². The maximum absolute atomic E-state index is 10.0. The van der Waals surface area contributed by atoms with Crippen molar-refractivity contribution >= 4 is 6.29 Å². The molecule has 0 atom stereocenters. The predicted octanol–water partition coefficient (Wildman–Crippen LogP) is 5.33. The Kier molecular flexibility index (Phi) is 15.0. The number of allylic oxidation sites excluding steroid dienone is 10. The molecule has 0 aliphatic rings. The standard InChI is InChI=1S/C18H26O/c1-2-3-4-5-6-7-8-9-10-11-12-13-14-15-16-17-18-19/h3-4,6-7,9-10,12-13,16-18H,2,5,8,11,14-15H2,1H3/b4-3+,7-6+,10-9+,13-12+,17-16+. The first kappa shape index (κ1) is 17.4. The van der Waals surface area contributed by atoms with Crippen molar-refractivity contribution in [1.82, 2.24) is 0 Å². The number of carbonyl (C=O) groups is 1. The number of hydrogen-bond acceptors (Lipinski definition) is 1. The Morgan fingerprint density at radius 1 is 0.632 bits per heavy atom. The average molecular weight is 258 g/mol. The largest absolute Gasteiger partial charge is 0.299 e. The fourth-order valence-corrected chi connectivity index (χ4v) is 1.44. The van der Waals surface area contributed by atoms with Gasteiger partial charge < -0.3 is 0 Å². The molecule has 1 nitrogen and oxygen atoms in total. The quantitative estimate of drug-likeness (QED) is 0.212. The second kappa shape index (κ2) is 16.4. The molecule has 0 spiro atoms. The zero-order valence-corrected chi connectivity index (χ0v) is 12.0. The first-order valence-corrected chi connectivity index (χ1v) is 7.12. The first-order chi connectivity index (χ1) is 9.41. The van der Waals surface area contributed by atoms with E-state index >= 15 is 0 Å². The van der Waals surface area contributed by atoms with Crippen LogP contribution in [0.4, 0.5) is 0 Å². The molecule has 0 N–H and O–H groups in total. The van der Waals surface area contributed by atoms with Gasteiger partial charge in [-0.1, -0.05) is 61.6 Å². The summed E-state index contributed by atoms with van der Waals surface area (Å²) < 4.78 is 0. The van der Waals surface area contributed by atoms with Crippen LogP contribution < -0.4 is 0 Å². The summed E-state index contributed by atoms with van der Waals surface area (Å²) in [4.78, 5) is 10.0. The highest BCUT2D eigenvalue weighted by Crippen LogP contribution is 1.96. The molecule has 0 radical (unpaired) electrons. The Hall–Kier alpha value is -1.63. The van der Waals surface area contributed by atoms with Crippen LogP contribution in [0.15, 0.2) is 60.8 Å². The molecule has 0 aromatic rings. The zero-order chi connectivity index (χ0) is 14.0. The van der Waals surface area contributed by atoms with Crippen molar-refractivity contribution in [2.45, 2.75) is 45.4 Å². The molecule has 0 aromatic carbocycles. The van der Waals surface area contributed by atoms with Gasteiger partial charge in [0.25, 0.3) is 0 Å². The van der Waals surface area contributed by atoms with Crippen LogP contribution in [0, 0.1) is 0 Å². The van der Waals surface area contributed by atoms with Crippen LogP contribution in [0.2, 0.25) is 0 Å². The molecule has 0 rings (SSSR count). The number of rotatable bonds is 11. The van der Waals surface area contributed by atoms with E-state index in [-0.39, 0.29) is 0 Å². The van der Waals surface area contributed by atoms with Gasteiger partial charge in [0, 0.05) is 0 Å². The lowest BCUT2D eigenvalue weighted by atomic mass is 10.2. The molecule has 0 bridgehead atoms. The molecule has 0 unspecified atom stereocenters. The Bertz CT molecular complexity index is 330. The summed E-state index contributed by atoms with van der Waals surface area (Å²) in [5.74, 6) is 0. The van der Waals surface area contributed by atoms with Crippen molar-refractivity contribution in [3.63, 3.8) is 0 Å². The Balaban J connectivity index is 3.42. The Morgan fingerprint density at radius 3 is 1.63 bits per heavy atom. The number of aldehydes is 1. The summed E-state index contributed by atoms with van der Waals surface area (Å²) in [6, 6.07) is 0. The van der Waals surface area contributed by atoms with Gasteiger partial charge >= 0.3 is 0 Å². The van der Waals surface area contributed by atoms with Crippen molar-refractivity contribution in [3.8, 4) is 0 Å². The highest BCUT2D eigenvalue weighted by Gasteiger charge is 1.77. The maximum atomic E-state index is 10.0. The van der Waals surface area contributed by atoms with Crippen molar-refractivity contribution < 1.29 is 4.79 Å². The molecule has 0 aliphatic carbocycles. The minimum Gasteiger partial charge on any atom is -0.299 e. The summed E-state index contributed by atoms with van der Waals surface area (Å²) in [6.07, 6.45) is 27.8. The van der Waals surface area contributed by atoms with E-state index in [4.69, 9.17) is 0 Å². The summed E-state index contributed by atoms with van der Waals surface area (Å²) in [6.45, 7) is 2.15. The topological polar surface area (TPSA) is 17.1 Å². The summed E-state index contributed by atoms with van der Waals surface area (Å²) >= 11 is 0. The van der Waals surface area contributed by atoms with Gasteiger partial charge in [-0.05, 0) is 44.6 Å². The van der Waals surface area contributed by atoms with Crippen molar-refractivity contribution in [2.24, 2.45) is 0 Å². The molecular formula is C18H26O. The van der Waals surface area contributed by atoms with Crippen LogP contribution in [-0.4, -0.2) is 6.29 Å². The van der Waals surface area contributed by atoms with E-state index < -0.39 is 0 Å². The third-order valence-electron chi connectivity index (χ3n) is 2.43. The molecule has 0 amide bonds. The maximum Gasteiger partial charge on any atom is 0.142 e. The van der Waals surface area contributed by atoms with Gasteiger partial charge in [0.1, 0.15) is 6.29 Å². The normalized spacial score (nSPS) is 12.9. The van der Waals surface area contributed by atoms with E-state index in [0.717, 1.165) is 44.8 Å². The fourth-order valence-electron chi connectivity index (χ4n) is 1.44. The smallest absolute Gasteiger partial charge is 0.142 e. The Morgan fingerprint density at radius 2 is 1.11 bits per heavy atom. The number of carbonyl (C=O) groups excluding carboxylic acids is 1. The van der Waals surface area contributed by atoms with Gasteiger partial charge in [-0.2, -0.15) is 0 Å². The molecular weight excluding hydrogens is 232 g/mol. The molecule has 19 heavy (non-hydrogen) atoms. The summed E-state index contributed by atoms with van der Waals surface area (Å²) in [5.41, 5.74) is 0. The molecule has 0 aliphatic heterocycles. The lowest BCUT2D eigenvalue weighted by Gasteiger charge is -1.86. The molecule has 0 fully saturated rings. The Labute approximate surface area is 118 Å². The second-order valence-corrected chi connectivity index (χ2v) is 4.14. The van der Waals surface area contributed by atoms with Gasteiger partial charge in [0.15, 0.2) is 0 Å². The fraction of sp³-hybridized carbons (Fsp3) is 0.389. The van der Waals surface area contributed by atoms with Crippen LogP contribution in [0.25, 0.3) is 0 Å². The first-order valence-electron chi connectivity index (χ1n) is 7.12.